The molecule has 0 spiro atoms. The predicted octanol–water partition coefficient (Wildman–Crippen LogP) is 2.56. The van der Waals surface area contributed by atoms with Crippen LogP contribution in [0.5, 0.6) is 0 Å². The van der Waals surface area contributed by atoms with E-state index in [9.17, 15) is 0 Å². The lowest BCUT2D eigenvalue weighted by molar-refractivity contribution is 0.152. The van der Waals surface area contributed by atoms with Crippen LogP contribution in [-0.2, 0) is 0 Å². The minimum absolute atomic E-state index is 0.404. The normalized spacial score (nSPS) is 21.0. The number of aromatic amines is 1. The maximum Gasteiger partial charge on any atom is 0.0537 e. The summed E-state index contributed by atoms with van der Waals surface area (Å²) in [5, 5.41) is 10.6. The topological polar surface area (TPSA) is 40.7 Å². The van der Waals surface area contributed by atoms with Gasteiger partial charge in [0.2, 0.25) is 0 Å². The van der Waals surface area contributed by atoms with E-state index < -0.39 is 0 Å². The highest BCUT2D eigenvalue weighted by Crippen LogP contribution is 2.39. The van der Waals surface area contributed by atoms with E-state index in [4.69, 9.17) is 0 Å². The summed E-state index contributed by atoms with van der Waals surface area (Å²) in [5.74, 6) is 0. The summed E-state index contributed by atoms with van der Waals surface area (Å²) in [6, 6.07) is 0.404. The average Bonchev–Trinajstić information content (AvgIpc) is 2.58. The van der Waals surface area contributed by atoms with Crippen LogP contribution in [-0.4, -0.2) is 16.7 Å². The summed E-state index contributed by atoms with van der Waals surface area (Å²) < 4.78 is 0. The summed E-state index contributed by atoms with van der Waals surface area (Å²) >= 11 is 0. The maximum atomic E-state index is 4.06. The van der Waals surface area contributed by atoms with E-state index in [1.165, 1.54) is 30.5 Å². The molecular weight excluding hydrogens is 186 g/mol. The molecule has 0 amide bonds. The highest BCUT2D eigenvalue weighted by molar-refractivity contribution is 5.18. The van der Waals surface area contributed by atoms with E-state index in [-0.39, 0.29) is 0 Å². The van der Waals surface area contributed by atoms with Crippen LogP contribution in [0.3, 0.4) is 0 Å². The zero-order valence-corrected chi connectivity index (χ0v) is 9.93. The van der Waals surface area contributed by atoms with Gasteiger partial charge in [0.25, 0.3) is 0 Å². The van der Waals surface area contributed by atoms with Crippen LogP contribution in [0, 0.1) is 12.3 Å². The molecule has 0 radical (unpaired) electrons. The first-order valence-electron chi connectivity index (χ1n) is 5.84. The zero-order chi connectivity index (χ0) is 10.9. The second-order valence-electron chi connectivity index (χ2n) is 5.22. The fourth-order valence-electron chi connectivity index (χ4n) is 2.26. The van der Waals surface area contributed by atoms with E-state index >= 15 is 0 Å². The number of rotatable bonds is 4. The van der Waals surface area contributed by atoms with Crippen LogP contribution in [0.1, 0.15) is 50.4 Å². The molecule has 1 aliphatic carbocycles. The number of hydrogen-bond donors (Lipinski definition) is 2. The fraction of sp³-hybridized carbons (Fsp3) is 0.750. The number of hydrogen-bond acceptors (Lipinski definition) is 2. The lowest BCUT2D eigenvalue weighted by Gasteiger charge is -2.39. The molecular formula is C12H21N3. The molecule has 1 aliphatic rings. The van der Waals surface area contributed by atoms with Crippen LogP contribution in [0.2, 0.25) is 0 Å². The first-order valence-corrected chi connectivity index (χ1v) is 5.84. The molecule has 1 saturated carbocycles. The monoisotopic (exact) mass is 207 g/mol. The Kier molecular flexibility index (Phi) is 2.83. The SMILES string of the molecule is Cc1[nH]ncc1C(C)NCC1(C)CCC1. The van der Waals surface area contributed by atoms with Gasteiger partial charge in [0.1, 0.15) is 0 Å². The maximum absolute atomic E-state index is 4.06. The van der Waals surface area contributed by atoms with Gasteiger partial charge < -0.3 is 5.32 Å². The Bertz CT molecular complexity index is 325. The van der Waals surface area contributed by atoms with Crippen LogP contribution in [0.25, 0.3) is 0 Å². The van der Waals surface area contributed by atoms with Crippen LogP contribution in [0.4, 0.5) is 0 Å². The van der Waals surface area contributed by atoms with Crippen molar-refractivity contribution in [3.8, 4) is 0 Å². The molecule has 1 heterocycles. The second-order valence-corrected chi connectivity index (χ2v) is 5.22. The minimum Gasteiger partial charge on any atom is -0.310 e. The van der Waals surface area contributed by atoms with Crippen molar-refractivity contribution in [3.63, 3.8) is 0 Å². The fourth-order valence-corrected chi connectivity index (χ4v) is 2.26. The summed E-state index contributed by atoms with van der Waals surface area (Å²) in [5.41, 5.74) is 3.01. The lowest BCUT2D eigenvalue weighted by atomic mass is 9.70. The van der Waals surface area contributed by atoms with Crippen LogP contribution >= 0.6 is 0 Å². The molecule has 3 heteroatoms. The Balaban J connectivity index is 1.87. The van der Waals surface area contributed by atoms with E-state index in [2.05, 4.69) is 36.3 Å². The van der Waals surface area contributed by atoms with Crippen LogP contribution < -0.4 is 5.32 Å². The van der Waals surface area contributed by atoms with Gasteiger partial charge in [-0.2, -0.15) is 5.10 Å². The van der Waals surface area contributed by atoms with E-state index in [0.29, 0.717) is 11.5 Å². The van der Waals surface area contributed by atoms with Gasteiger partial charge in [-0.1, -0.05) is 13.3 Å². The quantitative estimate of drug-likeness (QED) is 0.796. The Morgan fingerprint density at radius 3 is 2.80 bits per heavy atom. The number of aromatic nitrogens is 2. The van der Waals surface area contributed by atoms with Gasteiger partial charge in [-0.05, 0) is 32.1 Å². The van der Waals surface area contributed by atoms with Gasteiger partial charge >= 0.3 is 0 Å². The third-order valence-electron chi connectivity index (χ3n) is 3.73. The van der Waals surface area contributed by atoms with Crippen molar-refractivity contribution in [2.75, 3.05) is 6.54 Å². The summed E-state index contributed by atoms with van der Waals surface area (Å²) in [7, 11) is 0. The molecule has 1 atom stereocenters. The number of nitrogens with one attached hydrogen (secondary N) is 2. The molecule has 0 saturated heterocycles. The molecule has 1 aromatic rings. The van der Waals surface area contributed by atoms with Crippen molar-refractivity contribution in [2.45, 2.75) is 46.1 Å². The van der Waals surface area contributed by atoms with Crippen molar-refractivity contribution in [1.29, 1.82) is 0 Å². The van der Waals surface area contributed by atoms with Crippen molar-refractivity contribution in [3.05, 3.63) is 17.5 Å². The zero-order valence-electron chi connectivity index (χ0n) is 9.93. The summed E-state index contributed by atoms with van der Waals surface area (Å²) in [6.07, 6.45) is 6.07. The minimum atomic E-state index is 0.404. The van der Waals surface area contributed by atoms with E-state index in [1.807, 2.05) is 6.20 Å². The number of nitrogens with zero attached hydrogens (tertiary/aromatic N) is 1. The summed E-state index contributed by atoms with van der Waals surface area (Å²) in [4.78, 5) is 0. The molecule has 15 heavy (non-hydrogen) atoms. The Labute approximate surface area is 91.7 Å². The van der Waals surface area contributed by atoms with Crippen LogP contribution in [0.15, 0.2) is 6.20 Å². The molecule has 0 aromatic carbocycles. The van der Waals surface area contributed by atoms with Gasteiger partial charge in [0, 0.05) is 23.8 Å². The first-order chi connectivity index (χ1) is 7.11. The molecule has 2 rings (SSSR count). The predicted molar refractivity (Wildman–Crippen MR) is 61.7 cm³/mol. The molecule has 1 unspecified atom stereocenters. The summed E-state index contributed by atoms with van der Waals surface area (Å²) in [6.45, 7) is 7.78. The average molecular weight is 207 g/mol. The molecule has 0 aliphatic heterocycles. The van der Waals surface area contributed by atoms with Crippen molar-refractivity contribution < 1.29 is 0 Å². The number of aryl methyl sites for hydroxylation is 1. The molecule has 1 fully saturated rings. The first kappa shape index (κ1) is 10.7. The Hall–Kier alpha value is -0.830. The number of H-pyrrole nitrogens is 1. The van der Waals surface area contributed by atoms with Gasteiger partial charge in [0.15, 0.2) is 0 Å². The highest BCUT2D eigenvalue weighted by Gasteiger charge is 2.31. The van der Waals surface area contributed by atoms with Crippen molar-refractivity contribution in [1.82, 2.24) is 15.5 Å². The molecule has 1 aromatic heterocycles. The highest BCUT2D eigenvalue weighted by atomic mass is 15.1. The third-order valence-corrected chi connectivity index (χ3v) is 3.73. The van der Waals surface area contributed by atoms with Gasteiger partial charge in [0.05, 0.1) is 6.20 Å². The smallest absolute Gasteiger partial charge is 0.0537 e. The largest absolute Gasteiger partial charge is 0.310 e. The van der Waals surface area contributed by atoms with Gasteiger partial charge in [-0.25, -0.2) is 0 Å². The van der Waals surface area contributed by atoms with Gasteiger partial charge in [-0.15, -0.1) is 0 Å². The van der Waals surface area contributed by atoms with E-state index in [1.54, 1.807) is 0 Å². The second kappa shape index (κ2) is 3.97. The third kappa shape index (κ3) is 2.23. The van der Waals surface area contributed by atoms with E-state index in [0.717, 1.165) is 6.54 Å². The lowest BCUT2D eigenvalue weighted by Crippen LogP contribution is -2.38. The molecule has 84 valence electrons. The Morgan fingerprint density at radius 1 is 1.60 bits per heavy atom. The van der Waals surface area contributed by atoms with Gasteiger partial charge in [-0.3, -0.25) is 5.10 Å². The molecule has 0 bridgehead atoms. The Morgan fingerprint density at radius 2 is 2.33 bits per heavy atom. The van der Waals surface area contributed by atoms with Crippen molar-refractivity contribution in [2.24, 2.45) is 5.41 Å². The van der Waals surface area contributed by atoms with Crippen molar-refractivity contribution >= 4 is 0 Å². The molecule has 2 N–H and O–H groups in total. The standard InChI is InChI=1S/C12H21N3/c1-9(11-7-14-15-10(11)2)13-8-12(3)5-4-6-12/h7,9,13H,4-6,8H2,1-3H3,(H,14,15). The molecule has 3 nitrogen and oxygen atoms in total.